The van der Waals surface area contributed by atoms with E-state index in [2.05, 4.69) is 10.6 Å². The Morgan fingerprint density at radius 1 is 0.844 bits per heavy atom. The second kappa shape index (κ2) is 18.6. The number of benzene rings is 1. The largest absolute Gasteiger partial charge is 0.445 e. The van der Waals surface area contributed by atoms with Crippen molar-refractivity contribution in [3.8, 4) is 0 Å². The van der Waals surface area contributed by atoms with Gasteiger partial charge in [-0.25, -0.2) is 4.79 Å². The van der Waals surface area contributed by atoms with E-state index >= 15 is 0 Å². The van der Waals surface area contributed by atoms with Crippen molar-refractivity contribution in [3.63, 3.8) is 0 Å². The number of amides is 4. The van der Waals surface area contributed by atoms with Crippen molar-refractivity contribution in [3.05, 3.63) is 29.8 Å². The Morgan fingerprint density at radius 3 is 1.89 bits per heavy atom. The Labute approximate surface area is 270 Å². The van der Waals surface area contributed by atoms with E-state index < -0.39 is 36.2 Å². The van der Waals surface area contributed by atoms with Gasteiger partial charge in [0.05, 0.1) is 18.6 Å². The van der Waals surface area contributed by atoms with E-state index in [9.17, 15) is 19.2 Å². The number of hydrogen-bond donors (Lipinski definition) is 3. The fraction of sp³-hybridized carbons (Fsp3) is 0.706. The number of carbonyl (C=O) groups is 4. The summed E-state index contributed by atoms with van der Waals surface area (Å²) in [6.07, 6.45) is -0.363. The summed E-state index contributed by atoms with van der Waals surface area (Å²) >= 11 is 0. The fourth-order valence-electron chi connectivity index (χ4n) is 5.26. The predicted molar refractivity (Wildman–Crippen MR) is 178 cm³/mol. The van der Waals surface area contributed by atoms with Crippen LogP contribution in [0.4, 0.5) is 10.5 Å². The summed E-state index contributed by atoms with van der Waals surface area (Å²) in [4.78, 5) is 56.6. The number of methoxy groups -OCH3 is 1. The van der Waals surface area contributed by atoms with E-state index in [-0.39, 0.29) is 54.6 Å². The fourth-order valence-corrected chi connectivity index (χ4v) is 5.26. The van der Waals surface area contributed by atoms with E-state index in [0.717, 1.165) is 12.0 Å². The maximum atomic E-state index is 14.1. The van der Waals surface area contributed by atoms with Crippen LogP contribution < -0.4 is 16.4 Å². The highest BCUT2D eigenvalue weighted by Crippen LogP contribution is 2.24. The van der Waals surface area contributed by atoms with Gasteiger partial charge in [0.25, 0.3) is 0 Å². The van der Waals surface area contributed by atoms with Crippen molar-refractivity contribution in [2.45, 2.75) is 112 Å². The summed E-state index contributed by atoms with van der Waals surface area (Å²) in [5.41, 5.74) is 7.10. The molecule has 4 amide bonds. The monoisotopic (exact) mass is 633 g/mol. The number of likely N-dealkylation sites (N-methyl/N-ethyl adjacent to an activating group) is 2. The van der Waals surface area contributed by atoms with Gasteiger partial charge in [0, 0.05) is 32.9 Å². The number of nitrogens with two attached hydrogens (primary N) is 1. The van der Waals surface area contributed by atoms with Gasteiger partial charge in [0.1, 0.15) is 18.7 Å². The Balaban J connectivity index is 3.15. The van der Waals surface area contributed by atoms with Gasteiger partial charge < -0.3 is 30.7 Å². The van der Waals surface area contributed by atoms with Gasteiger partial charge in [0.2, 0.25) is 17.7 Å². The van der Waals surface area contributed by atoms with Crippen molar-refractivity contribution < 1.29 is 28.7 Å². The molecule has 11 heteroatoms. The minimum Gasteiger partial charge on any atom is -0.445 e. The van der Waals surface area contributed by atoms with Crippen LogP contribution in [0.25, 0.3) is 0 Å². The zero-order valence-corrected chi connectivity index (χ0v) is 29.5. The lowest BCUT2D eigenvalue weighted by Gasteiger charge is -2.40. The molecule has 1 aromatic carbocycles. The lowest BCUT2D eigenvalue weighted by Crippen LogP contribution is -2.60. The van der Waals surface area contributed by atoms with Gasteiger partial charge in [-0.3, -0.25) is 19.3 Å². The van der Waals surface area contributed by atoms with Gasteiger partial charge in [0.15, 0.2) is 0 Å². The smallest absolute Gasteiger partial charge is 0.410 e. The van der Waals surface area contributed by atoms with Gasteiger partial charge in [-0.15, -0.1) is 0 Å². The second-order valence-electron chi connectivity index (χ2n) is 13.2. The molecule has 0 spiro atoms. The molecule has 6 atom stereocenters. The van der Waals surface area contributed by atoms with Crippen LogP contribution in [-0.2, 0) is 30.5 Å². The molecule has 0 aliphatic heterocycles. The molecule has 256 valence electrons. The molecule has 11 nitrogen and oxygen atoms in total. The predicted octanol–water partition coefficient (Wildman–Crippen LogP) is 4.44. The Bertz CT molecular complexity index is 1090. The Morgan fingerprint density at radius 2 is 1.42 bits per heavy atom. The third-order valence-corrected chi connectivity index (χ3v) is 8.66. The summed E-state index contributed by atoms with van der Waals surface area (Å²) in [5, 5.41) is 5.96. The highest BCUT2D eigenvalue weighted by atomic mass is 16.6. The van der Waals surface area contributed by atoms with Crippen LogP contribution in [0.3, 0.4) is 0 Å². The number of nitrogens with one attached hydrogen (secondary N) is 2. The maximum Gasteiger partial charge on any atom is 0.410 e. The maximum absolute atomic E-state index is 14.1. The third kappa shape index (κ3) is 11.8. The topological polar surface area (TPSA) is 143 Å². The third-order valence-electron chi connectivity index (χ3n) is 8.66. The number of ether oxygens (including phenoxy) is 2. The van der Waals surface area contributed by atoms with Gasteiger partial charge in [-0.2, -0.15) is 0 Å². The highest BCUT2D eigenvalue weighted by Gasteiger charge is 2.39. The van der Waals surface area contributed by atoms with E-state index in [1.54, 1.807) is 43.3 Å². The van der Waals surface area contributed by atoms with Crippen molar-refractivity contribution in [2.24, 2.45) is 23.7 Å². The molecule has 0 aliphatic carbocycles. The molecule has 0 radical (unpaired) electrons. The molecule has 0 aromatic heterocycles. The van der Waals surface area contributed by atoms with E-state index in [1.807, 2.05) is 62.3 Å². The number of anilines is 1. The molecule has 0 saturated heterocycles. The lowest BCUT2D eigenvalue weighted by molar-refractivity contribution is -0.144. The van der Waals surface area contributed by atoms with Gasteiger partial charge >= 0.3 is 6.09 Å². The van der Waals surface area contributed by atoms with Crippen molar-refractivity contribution in [1.29, 1.82) is 0 Å². The molecule has 1 rings (SSSR count). The molecule has 0 heterocycles. The second-order valence-corrected chi connectivity index (χ2v) is 13.2. The summed E-state index contributed by atoms with van der Waals surface area (Å²) in [6, 6.07) is 4.80. The van der Waals surface area contributed by atoms with Crippen LogP contribution >= 0.6 is 0 Å². The molecule has 4 N–H and O–H groups in total. The van der Waals surface area contributed by atoms with Crippen molar-refractivity contribution in [2.75, 3.05) is 26.9 Å². The normalized spacial score (nSPS) is 15.5. The Hall–Kier alpha value is -3.34. The standard InChI is InChI=1S/C34H59N5O6/c1-13-23(8)31(27(44-12)18-28(40)36-24(9)20(2)3)38(10)33(42)29(21(4)5)37-32(41)30(22(6)7)39(11)34(43)45-19-25-14-16-26(35)17-15-25/h14-17,20-24,27,29-31H,13,18-19,35H2,1-12H3,(H,36,40)(H,37,41)/t23-,24?,27+,29-,30-,31-/m0/s1. The molecule has 0 aliphatic rings. The Kier molecular flexibility index (Phi) is 16.4. The summed E-state index contributed by atoms with van der Waals surface area (Å²) in [6.45, 7) is 17.5. The molecule has 45 heavy (non-hydrogen) atoms. The number of rotatable bonds is 17. The molecule has 0 saturated carbocycles. The van der Waals surface area contributed by atoms with Gasteiger partial charge in [-0.1, -0.05) is 73.9 Å². The zero-order valence-electron chi connectivity index (χ0n) is 29.5. The van der Waals surface area contributed by atoms with Crippen LogP contribution in [0, 0.1) is 23.7 Å². The molecule has 1 unspecified atom stereocenters. The summed E-state index contributed by atoms with van der Waals surface area (Å²) in [7, 11) is 4.76. The van der Waals surface area contributed by atoms with Crippen molar-refractivity contribution in [1.82, 2.24) is 20.4 Å². The minimum absolute atomic E-state index is 0.000950. The van der Waals surface area contributed by atoms with E-state index in [0.29, 0.717) is 5.69 Å². The molecule has 1 aromatic rings. The first kappa shape index (κ1) is 39.7. The van der Waals surface area contributed by atoms with Crippen molar-refractivity contribution >= 4 is 29.5 Å². The number of hydrogen-bond acceptors (Lipinski definition) is 7. The first-order chi connectivity index (χ1) is 21.0. The molecule has 0 bridgehead atoms. The van der Waals surface area contributed by atoms with Crippen LogP contribution in [0.2, 0.25) is 0 Å². The molecular weight excluding hydrogens is 574 g/mol. The van der Waals surface area contributed by atoms with Gasteiger partial charge in [-0.05, 0) is 48.3 Å². The van der Waals surface area contributed by atoms with Crippen LogP contribution in [0.15, 0.2) is 24.3 Å². The molecule has 0 fully saturated rings. The highest BCUT2D eigenvalue weighted by molar-refractivity contribution is 5.91. The summed E-state index contributed by atoms with van der Waals surface area (Å²) in [5.74, 6) is -1.13. The molecular formula is C34H59N5O6. The van der Waals surface area contributed by atoms with Crippen LogP contribution in [0.1, 0.15) is 80.7 Å². The number of nitrogen functional groups attached to an aromatic ring is 1. The van der Waals surface area contributed by atoms with E-state index in [1.165, 1.54) is 11.9 Å². The minimum atomic E-state index is -0.882. The SMILES string of the molecule is CC[C@H](C)[C@@H]([C@@H](CC(=O)NC(C)C(C)C)OC)N(C)C(=O)[C@@H](NC(=O)[C@H](C(C)C)N(C)C(=O)OCc1ccc(N)cc1)C(C)C. The van der Waals surface area contributed by atoms with Crippen LogP contribution in [-0.4, -0.2) is 85.1 Å². The average molecular weight is 634 g/mol. The van der Waals surface area contributed by atoms with Crippen LogP contribution in [0.5, 0.6) is 0 Å². The quantitative estimate of drug-likeness (QED) is 0.215. The zero-order chi connectivity index (χ0) is 34.6. The average Bonchev–Trinajstić information content (AvgIpc) is 2.97. The summed E-state index contributed by atoms with van der Waals surface area (Å²) < 4.78 is 11.3. The first-order valence-electron chi connectivity index (χ1n) is 16.1. The first-order valence-corrected chi connectivity index (χ1v) is 16.1. The van der Waals surface area contributed by atoms with E-state index in [4.69, 9.17) is 15.2 Å². The number of carbonyl (C=O) groups excluding carboxylic acids is 4. The number of nitrogens with zero attached hydrogens (tertiary/aromatic N) is 2. The lowest BCUT2D eigenvalue weighted by atomic mass is 9.89.